The zero-order chi connectivity index (χ0) is 13.2. The van der Waals surface area contributed by atoms with Gasteiger partial charge in [-0.2, -0.15) is 0 Å². The first-order chi connectivity index (χ1) is 9.28. The van der Waals surface area contributed by atoms with E-state index >= 15 is 0 Å². The molecule has 0 aliphatic carbocycles. The molecule has 19 heavy (non-hydrogen) atoms. The number of para-hydroxylation sites is 1. The Bertz CT molecular complexity index is 723. The van der Waals surface area contributed by atoms with E-state index in [0.717, 1.165) is 22.2 Å². The Morgan fingerprint density at radius 2 is 1.68 bits per heavy atom. The van der Waals surface area contributed by atoms with Crippen LogP contribution in [0.15, 0.2) is 48.5 Å². The highest BCUT2D eigenvalue weighted by molar-refractivity contribution is 5.93. The molecule has 0 radical (unpaired) electrons. The molecule has 3 aromatic rings. The molecule has 0 aliphatic rings. The largest absolute Gasteiger partial charge is 0.357 e. The van der Waals surface area contributed by atoms with Crippen molar-refractivity contribution in [1.82, 2.24) is 9.97 Å². The molecule has 0 spiro atoms. The first-order valence-electron chi connectivity index (χ1n) is 5.98. The quantitative estimate of drug-likeness (QED) is 0.759. The minimum absolute atomic E-state index is 0.254. The molecule has 0 unspecified atom stereocenters. The van der Waals surface area contributed by atoms with Crippen molar-refractivity contribution in [1.29, 1.82) is 0 Å². The van der Waals surface area contributed by atoms with Gasteiger partial charge in [-0.3, -0.25) is 0 Å². The molecule has 0 saturated carbocycles. The number of halogens is 1. The molecular formula is C15H12FN3. The van der Waals surface area contributed by atoms with Crippen LogP contribution in [0.25, 0.3) is 22.2 Å². The van der Waals surface area contributed by atoms with Crippen molar-refractivity contribution >= 4 is 16.9 Å². The highest BCUT2D eigenvalue weighted by atomic mass is 19.1. The van der Waals surface area contributed by atoms with Crippen LogP contribution in [0.3, 0.4) is 0 Å². The molecule has 3 rings (SSSR count). The van der Waals surface area contributed by atoms with Crippen LogP contribution in [0, 0.1) is 5.82 Å². The van der Waals surface area contributed by atoms with Gasteiger partial charge in [0.15, 0.2) is 0 Å². The summed E-state index contributed by atoms with van der Waals surface area (Å²) in [7, 11) is 1.78. The maximum Gasteiger partial charge on any atom is 0.223 e. The molecule has 0 bridgehead atoms. The molecule has 1 N–H and O–H groups in total. The van der Waals surface area contributed by atoms with Crippen LogP contribution >= 0.6 is 0 Å². The summed E-state index contributed by atoms with van der Waals surface area (Å²) in [5.41, 5.74) is 2.53. The van der Waals surface area contributed by atoms with Gasteiger partial charge in [0.05, 0.1) is 11.2 Å². The summed E-state index contributed by atoms with van der Waals surface area (Å²) in [5.74, 6) is 0.300. The third kappa shape index (κ3) is 2.12. The smallest absolute Gasteiger partial charge is 0.223 e. The molecule has 94 valence electrons. The summed E-state index contributed by atoms with van der Waals surface area (Å²) < 4.78 is 13.0. The average molecular weight is 253 g/mol. The normalized spacial score (nSPS) is 10.6. The molecule has 0 fully saturated rings. The molecule has 1 heterocycles. The fraction of sp³-hybridized carbons (Fsp3) is 0.0667. The van der Waals surface area contributed by atoms with Crippen molar-refractivity contribution in [2.24, 2.45) is 0 Å². The first kappa shape index (κ1) is 11.6. The summed E-state index contributed by atoms with van der Waals surface area (Å²) in [5, 5.41) is 3.90. The first-order valence-corrected chi connectivity index (χ1v) is 5.98. The second kappa shape index (κ2) is 4.65. The molecule has 2 aromatic carbocycles. The van der Waals surface area contributed by atoms with Gasteiger partial charge >= 0.3 is 0 Å². The van der Waals surface area contributed by atoms with E-state index < -0.39 is 0 Å². The fourth-order valence-corrected chi connectivity index (χ4v) is 2.02. The fourth-order valence-electron chi connectivity index (χ4n) is 2.02. The van der Waals surface area contributed by atoms with Gasteiger partial charge in [-0.15, -0.1) is 0 Å². The molecule has 3 nitrogen and oxygen atoms in total. The summed E-state index contributed by atoms with van der Waals surface area (Å²) in [6.45, 7) is 0. The Balaban J connectivity index is 2.29. The number of rotatable bonds is 2. The van der Waals surface area contributed by atoms with Crippen molar-refractivity contribution in [2.45, 2.75) is 0 Å². The van der Waals surface area contributed by atoms with Crippen LogP contribution in [0.1, 0.15) is 0 Å². The van der Waals surface area contributed by atoms with Crippen LogP contribution in [0.4, 0.5) is 10.3 Å². The van der Waals surface area contributed by atoms with Crippen LogP contribution < -0.4 is 5.32 Å². The number of hydrogen-bond acceptors (Lipinski definition) is 3. The van der Waals surface area contributed by atoms with Gasteiger partial charge in [0, 0.05) is 18.0 Å². The van der Waals surface area contributed by atoms with Gasteiger partial charge in [0.1, 0.15) is 5.82 Å². The lowest BCUT2D eigenvalue weighted by Gasteiger charge is -2.08. The summed E-state index contributed by atoms with van der Waals surface area (Å²) >= 11 is 0. The van der Waals surface area contributed by atoms with Crippen LogP contribution in [-0.2, 0) is 0 Å². The Kier molecular flexibility index (Phi) is 2.83. The van der Waals surface area contributed by atoms with Gasteiger partial charge in [-0.05, 0) is 30.3 Å². The maximum absolute atomic E-state index is 13.0. The van der Waals surface area contributed by atoms with Crippen LogP contribution in [0.2, 0.25) is 0 Å². The third-order valence-electron chi connectivity index (χ3n) is 2.94. The number of anilines is 1. The third-order valence-corrected chi connectivity index (χ3v) is 2.94. The van der Waals surface area contributed by atoms with E-state index in [-0.39, 0.29) is 5.82 Å². The summed E-state index contributed by atoms with van der Waals surface area (Å²) in [6, 6.07) is 14.1. The molecule has 1 aromatic heterocycles. The zero-order valence-corrected chi connectivity index (χ0v) is 10.4. The van der Waals surface area contributed by atoms with E-state index in [1.54, 1.807) is 19.2 Å². The molecule has 0 aliphatic heterocycles. The predicted molar refractivity (Wildman–Crippen MR) is 74.5 cm³/mol. The lowest BCUT2D eigenvalue weighted by atomic mass is 10.1. The number of nitrogens with zero attached hydrogens (tertiary/aromatic N) is 2. The Hall–Kier alpha value is -2.49. The Morgan fingerprint density at radius 1 is 0.947 bits per heavy atom. The van der Waals surface area contributed by atoms with Gasteiger partial charge in [0.2, 0.25) is 5.95 Å². The van der Waals surface area contributed by atoms with Gasteiger partial charge in [0.25, 0.3) is 0 Å². The second-order valence-corrected chi connectivity index (χ2v) is 4.17. The van der Waals surface area contributed by atoms with Gasteiger partial charge in [-0.1, -0.05) is 18.2 Å². The van der Waals surface area contributed by atoms with E-state index in [1.165, 1.54) is 12.1 Å². The summed E-state index contributed by atoms with van der Waals surface area (Å²) in [4.78, 5) is 8.88. The van der Waals surface area contributed by atoms with Crippen molar-refractivity contribution in [3.63, 3.8) is 0 Å². The monoisotopic (exact) mass is 253 g/mol. The van der Waals surface area contributed by atoms with E-state index in [4.69, 9.17) is 0 Å². The highest BCUT2D eigenvalue weighted by Gasteiger charge is 2.08. The number of hydrogen-bond donors (Lipinski definition) is 1. The number of fused-ring (bicyclic) bond motifs is 1. The van der Waals surface area contributed by atoms with Crippen molar-refractivity contribution < 1.29 is 4.39 Å². The second-order valence-electron chi connectivity index (χ2n) is 4.17. The molecule has 0 saturated heterocycles. The SMILES string of the molecule is CNc1nc(-c2ccc(F)cc2)c2ccccc2n1. The van der Waals surface area contributed by atoms with E-state index in [2.05, 4.69) is 15.3 Å². The average Bonchev–Trinajstić information content (AvgIpc) is 2.47. The van der Waals surface area contributed by atoms with E-state index in [9.17, 15) is 4.39 Å². The van der Waals surface area contributed by atoms with Gasteiger partial charge in [-0.25, -0.2) is 14.4 Å². The predicted octanol–water partition coefficient (Wildman–Crippen LogP) is 3.48. The van der Waals surface area contributed by atoms with E-state index in [1.807, 2.05) is 24.3 Å². The zero-order valence-electron chi connectivity index (χ0n) is 10.4. The standard InChI is InChI=1S/C15H12FN3/c1-17-15-18-13-5-3-2-4-12(13)14(19-15)10-6-8-11(16)9-7-10/h2-9H,1H3,(H,17,18,19). The number of benzene rings is 2. The molecular weight excluding hydrogens is 241 g/mol. The minimum atomic E-state index is -0.254. The molecule has 0 amide bonds. The Labute approximate surface area is 110 Å². The molecule has 4 heteroatoms. The summed E-state index contributed by atoms with van der Waals surface area (Å²) in [6.07, 6.45) is 0. The van der Waals surface area contributed by atoms with E-state index in [0.29, 0.717) is 5.95 Å². The van der Waals surface area contributed by atoms with Crippen molar-refractivity contribution in [3.8, 4) is 11.3 Å². The topological polar surface area (TPSA) is 37.8 Å². The van der Waals surface area contributed by atoms with Crippen LogP contribution in [0.5, 0.6) is 0 Å². The van der Waals surface area contributed by atoms with Crippen molar-refractivity contribution in [3.05, 3.63) is 54.3 Å². The maximum atomic E-state index is 13.0. The molecule has 0 atom stereocenters. The Morgan fingerprint density at radius 3 is 2.42 bits per heavy atom. The minimum Gasteiger partial charge on any atom is -0.357 e. The van der Waals surface area contributed by atoms with Gasteiger partial charge < -0.3 is 5.32 Å². The van der Waals surface area contributed by atoms with Crippen molar-refractivity contribution in [2.75, 3.05) is 12.4 Å². The highest BCUT2D eigenvalue weighted by Crippen LogP contribution is 2.27. The lowest BCUT2D eigenvalue weighted by molar-refractivity contribution is 0.628. The number of aromatic nitrogens is 2. The lowest BCUT2D eigenvalue weighted by Crippen LogP contribution is -1.99. The number of nitrogens with one attached hydrogen (secondary N) is 1. The van der Waals surface area contributed by atoms with Crippen LogP contribution in [-0.4, -0.2) is 17.0 Å².